The average Bonchev–Trinajstić information content (AvgIpc) is 2.18. The highest BCUT2D eigenvalue weighted by Crippen LogP contribution is 2.16. The van der Waals surface area contributed by atoms with Gasteiger partial charge in [0.25, 0.3) is 0 Å². The maximum absolute atomic E-state index is 8.56. The third kappa shape index (κ3) is 3.79. The maximum Gasteiger partial charge on any atom is 0.0814 e. The molecule has 2 rings (SSSR count). The van der Waals surface area contributed by atoms with Crippen molar-refractivity contribution in [2.75, 3.05) is 0 Å². The van der Waals surface area contributed by atoms with Gasteiger partial charge in [-0.05, 0) is 23.3 Å². The quantitative estimate of drug-likeness (QED) is 0.698. The number of benzene rings is 2. The number of aryl methyl sites for hydroxylation is 1. The zero-order valence-electron chi connectivity index (χ0n) is 8.21. The number of rotatable bonds is 0. The molecular weight excluding hydrogens is 212 g/mol. The highest BCUT2D eigenvalue weighted by atomic mass is 32.2. The van der Waals surface area contributed by atoms with Gasteiger partial charge >= 0.3 is 0 Å². The van der Waals surface area contributed by atoms with E-state index >= 15 is 0 Å². The molecule has 0 radical (unpaired) electrons. The van der Waals surface area contributed by atoms with Gasteiger partial charge in [0, 0.05) is 0 Å². The fourth-order valence-electron chi connectivity index (χ4n) is 1.39. The molecule has 1 unspecified atom stereocenters. The molecule has 0 bridgehead atoms. The zero-order valence-corrected chi connectivity index (χ0v) is 9.03. The minimum atomic E-state index is -2.86. The standard InChI is InChI=1S/C11H10.H2O3S/c1-9-5-4-7-10-6-2-3-8-11(9)10;1-4(2)3/h2-8H,1H3;(H2,1,2,3)/p-1. The van der Waals surface area contributed by atoms with E-state index in [0.717, 1.165) is 0 Å². The van der Waals surface area contributed by atoms with Gasteiger partial charge in [0.1, 0.15) is 0 Å². The minimum Gasteiger partial charge on any atom is -0.750 e. The second kappa shape index (κ2) is 5.60. The van der Waals surface area contributed by atoms with Crippen molar-refractivity contribution in [3.63, 3.8) is 0 Å². The van der Waals surface area contributed by atoms with E-state index in [4.69, 9.17) is 13.3 Å². The molecule has 0 saturated heterocycles. The van der Waals surface area contributed by atoms with Gasteiger partial charge in [0.2, 0.25) is 0 Å². The van der Waals surface area contributed by atoms with E-state index in [1.807, 2.05) is 0 Å². The lowest BCUT2D eigenvalue weighted by Gasteiger charge is -1.98. The summed E-state index contributed by atoms with van der Waals surface area (Å²) in [6, 6.07) is 14.8. The lowest BCUT2D eigenvalue weighted by atomic mass is 10.1. The third-order valence-electron chi connectivity index (χ3n) is 2.01. The SMILES string of the molecule is Cc1cccc2ccccc12.O=S([O-])O. The Morgan fingerprint density at radius 2 is 1.67 bits per heavy atom. The van der Waals surface area contributed by atoms with Crippen molar-refractivity contribution in [2.45, 2.75) is 6.92 Å². The first-order chi connectivity index (χ1) is 7.11. The minimum absolute atomic E-state index is 1.33. The lowest BCUT2D eigenvalue weighted by Crippen LogP contribution is -1.75. The van der Waals surface area contributed by atoms with Crippen LogP contribution in [0.1, 0.15) is 5.56 Å². The molecule has 2 aromatic carbocycles. The predicted molar refractivity (Wildman–Crippen MR) is 60.2 cm³/mol. The summed E-state index contributed by atoms with van der Waals surface area (Å²) in [4.78, 5) is 0. The first-order valence-electron chi connectivity index (χ1n) is 4.34. The van der Waals surface area contributed by atoms with Crippen molar-refractivity contribution in [3.8, 4) is 0 Å². The van der Waals surface area contributed by atoms with E-state index in [1.165, 1.54) is 16.3 Å². The van der Waals surface area contributed by atoms with Crippen LogP contribution >= 0.6 is 0 Å². The van der Waals surface area contributed by atoms with Crippen LogP contribution in [-0.4, -0.2) is 13.3 Å². The monoisotopic (exact) mass is 223 g/mol. The van der Waals surface area contributed by atoms with Gasteiger partial charge in [-0.2, -0.15) is 0 Å². The van der Waals surface area contributed by atoms with Gasteiger partial charge in [-0.25, -0.2) is 4.21 Å². The van der Waals surface area contributed by atoms with Crippen LogP contribution in [0.2, 0.25) is 0 Å². The molecule has 0 amide bonds. The van der Waals surface area contributed by atoms with Crippen molar-refractivity contribution in [1.29, 1.82) is 0 Å². The van der Waals surface area contributed by atoms with Crippen molar-refractivity contribution >= 4 is 22.1 Å². The van der Waals surface area contributed by atoms with Crippen LogP contribution in [0, 0.1) is 6.92 Å². The number of hydrogen-bond donors (Lipinski definition) is 1. The van der Waals surface area contributed by atoms with Gasteiger partial charge in [-0.3, -0.25) is 0 Å². The summed E-state index contributed by atoms with van der Waals surface area (Å²) in [5.74, 6) is 0. The molecule has 0 saturated carbocycles. The van der Waals surface area contributed by atoms with E-state index in [1.54, 1.807) is 0 Å². The first kappa shape index (κ1) is 11.8. The van der Waals surface area contributed by atoms with Gasteiger partial charge in [0.15, 0.2) is 0 Å². The Labute approximate surface area is 90.9 Å². The molecule has 1 atom stereocenters. The molecule has 15 heavy (non-hydrogen) atoms. The van der Waals surface area contributed by atoms with Gasteiger partial charge in [0.05, 0.1) is 11.4 Å². The Balaban J connectivity index is 0.000000245. The van der Waals surface area contributed by atoms with Gasteiger partial charge in [-0.1, -0.05) is 42.5 Å². The van der Waals surface area contributed by atoms with Crippen LogP contribution in [0.4, 0.5) is 0 Å². The first-order valence-corrected chi connectivity index (χ1v) is 5.37. The maximum atomic E-state index is 8.56. The van der Waals surface area contributed by atoms with Crippen LogP contribution in [0.5, 0.6) is 0 Å². The summed E-state index contributed by atoms with van der Waals surface area (Å²) in [6.07, 6.45) is 0. The predicted octanol–water partition coefficient (Wildman–Crippen LogP) is 2.49. The summed E-state index contributed by atoms with van der Waals surface area (Å²) in [7, 11) is 0. The Hall–Kier alpha value is -1.23. The molecule has 0 aromatic heterocycles. The highest BCUT2D eigenvalue weighted by molar-refractivity contribution is 7.73. The lowest BCUT2D eigenvalue weighted by molar-refractivity contribution is 0.436. The molecule has 0 fully saturated rings. The molecule has 2 aromatic rings. The normalized spacial score (nSPS) is 11.7. The van der Waals surface area contributed by atoms with Crippen LogP contribution in [0.25, 0.3) is 10.8 Å². The summed E-state index contributed by atoms with van der Waals surface area (Å²) >= 11 is -2.86. The van der Waals surface area contributed by atoms with Crippen LogP contribution in [-0.2, 0) is 11.4 Å². The van der Waals surface area contributed by atoms with Crippen molar-refractivity contribution in [2.24, 2.45) is 0 Å². The molecular formula is C11H11O3S-. The summed E-state index contributed by atoms with van der Waals surface area (Å²) in [5.41, 5.74) is 1.35. The van der Waals surface area contributed by atoms with E-state index in [9.17, 15) is 0 Å². The van der Waals surface area contributed by atoms with Crippen molar-refractivity contribution in [3.05, 3.63) is 48.0 Å². The Morgan fingerprint density at radius 3 is 2.27 bits per heavy atom. The second-order valence-corrected chi connectivity index (χ2v) is 3.45. The average molecular weight is 223 g/mol. The molecule has 3 nitrogen and oxygen atoms in total. The Kier molecular flexibility index (Phi) is 4.42. The number of hydrogen-bond acceptors (Lipinski definition) is 2. The second-order valence-electron chi connectivity index (χ2n) is 3.01. The highest BCUT2D eigenvalue weighted by Gasteiger charge is 1.92. The summed E-state index contributed by atoms with van der Waals surface area (Å²) in [5, 5.41) is 2.68. The Bertz CT molecular complexity index is 459. The molecule has 80 valence electrons. The molecule has 1 N–H and O–H groups in total. The van der Waals surface area contributed by atoms with Crippen LogP contribution in [0.3, 0.4) is 0 Å². The van der Waals surface area contributed by atoms with Crippen LogP contribution < -0.4 is 0 Å². The Morgan fingerprint density at radius 1 is 1.13 bits per heavy atom. The molecule has 0 aliphatic heterocycles. The van der Waals surface area contributed by atoms with Gasteiger partial charge < -0.3 is 9.11 Å². The van der Waals surface area contributed by atoms with E-state index in [2.05, 4.69) is 49.4 Å². The van der Waals surface area contributed by atoms with Crippen LogP contribution in [0.15, 0.2) is 42.5 Å². The summed E-state index contributed by atoms with van der Waals surface area (Å²) < 4.78 is 24.1. The fourth-order valence-corrected chi connectivity index (χ4v) is 1.39. The van der Waals surface area contributed by atoms with E-state index in [0.29, 0.717) is 0 Å². The smallest absolute Gasteiger partial charge is 0.0814 e. The fraction of sp³-hybridized carbons (Fsp3) is 0.0909. The van der Waals surface area contributed by atoms with E-state index < -0.39 is 11.4 Å². The van der Waals surface area contributed by atoms with Crippen molar-refractivity contribution in [1.82, 2.24) is 0 Å². The zero-order chi connectivity index (χ0) is 11.3. The van der Waals surface area contributed by atoms with Crippen molar-refractivity contribution < 1.29 is 13.3 Å². The molecule has 0 aliphatic carbocycles. The van der Waals surface area contributed by atoms with E-state index in [-0.39, 0.29) is 0 Å². The largest absolute Gasteiger partial charge is 0.750 e. The molecule has 0 aliphatic rings. The topological polar surface area (TPSA) is 60.4 Å². The van der Waals surface area contributed by atoms with Gasteiger partial charge in [-0.15, -0.1) is 0 Å². The number of fused-ring (bicyclic) bond motifs is 1. The third-order valence-corrected chi connectivity index (χ3v) is 2.01. The molecule has 4 heteroatoms. The molecule has 0 heterocycles. The summed E-state index contributed by atoms with van der Waals surface area (Å²) in [6.45, 7) is 2.14. The molecule has 0 spiro atoms.